The van der Waals surface area contributed by atoms with Gasteiger partial charge in [0.2, 0.25) is 6.41 Å². The summed E-state index contributed by atoms with van der Waals surface area (Å²) < 4.78 is 13.6. The van der Waals surface area contributed by atoms with E-state index in [1.165, 1.54) is 24.7 Å². The SMILES string of the molecule is Cc1ccc(NC=O)cc1-c1cnc(NC(=O)c2ccncc2F)cn1. The summed E-state index contributed by atoms with van der Waals surface area (Å²) in [6.45, 7) is 1.91. The number of anilines is 2. The number of carbonyl (C=O) groups is 2. The molecule has 0 aliphatic heterocycles. The molecule has 2 aromatic heterocycles. The van der Waals surface area contributed by atoms with Crippen LogP contribution in [0.3, 0.4) is 0 Å². The molecule has 130 valence electrons. The van der Waals surface area contributed by atoms with Gasteiger partial charge in [0.1, 0.15) is 0 Å². The normalized spacial score (nSPS) is 10.2. The Morgan fingerprint density at radius 2 is 2.00 bits per heavy atom. The van der Waals surface area contributed by atoms with E-state index in [4.69, 9.17) is 0 Å². The van der Waals surface area contributed by atoms with Crippen molar-refractivity contribution >= 4 is 23.8 Å². The van der Waals surface area contributed by atoms with E-state index in [1.54, 1.807) is 12.1 Å². The van der Waals surface area contributed by atoms with Crippen LogP contribution in [0.2, 0.25) is 0 Å². The highest BCUT2D eigenvalue weighted by Gasteiger charge is 2.13. The van der Waals surface area contributed by atoms with Crippen LogP contribution in [0.5, 0.6) is 0 Å². The van der Waals surface area contributed by atoms with Gasteiger partial charge in [-0.2, -0.15) is 0 Å². The number of hydrogen-bond acceptors (Lipinski definition) is 5. The van der Waals surface area contributed by atoms with Crippen molar-refractivity contribution in [3.63, 3.8) is 0 Å². The summed E-state index contributed by atoms with van der Waals surface area (Å²) in [5.74, 6) is -1.17. The standard InChI is InChI=1S/C18H14FN5O2/c1-11-2-3-12(23-10-25)6-14(11)16-8-22-17(9-21-16)24-18(26)13-4-5-20-7-15(13)19/h2-10H,1H3,(H,23,25)(H,22,24,26). The van der Waals surface area contributed by atoms with E-state index >= 15 is 0 Å². The Kier molecular flexibility index (Phi) is 4.93. The molecule has 0 radical (unpaired) electrons. The lowest BCUT2D eigenvalue weighted by molar-refractivity contribution is -0.105. The van der Waals surface area contributed by atoms with Gasteiger partial charge < -0.3 is 10.6 Å². The van der Waals surface area contributed by atoms with Crippen molar-refractivity contribution < 1.29 is 14.0 Å². The van der Waals surface area contributed by atoms with Crippen LogP contribution in [0.25, 0.3) is 11.3 Å². The lowest BCUT2D eigenvalue weighted by Crippen LogP contribution is -2.15. The molecule has 0 bridgehead atoms. The predicted molar refractivity (Wildman–Crippen MR) is 94.0 cm³/mol. The van der Waals surface area contributed by atoms with Gasteiger partial charge in [-0.3, -0.25) is 19.6 Å². The van der Waals surface area contributed by atoms with Crippen molar-refractivity contribution in [2.45, 2.75) is 6.92 Å². The summed E-state index contributed by atoms with van der Waals surface area (Å²) in [5.41, 5.74) is 2.82. The van der Waals surface area contributed by atoms with Crippen molar-refractivity contribution in [1.29, 1.82) is 0 Å². The van der Waals surface area contributed by atoms with Crippen molar-refractivity contribution in [2.75, 3.05) is 10.6 Å². The molecule has 3 aromatic rings. The molecular weight excluding hydrogens is 337 g/mol. The number of benzene rings is 1. The fourth-order valence-electron chi connectivity index (χ4n) is 2.33. The number of aryl methyl sites for hydroxylation is 1. The largest absolute Gasteiger partial charge is 0.329 e. The molecule has 0 aliphatic rings. The smallest absolute Gasteiger partial charge is 0.259 e. The predicted octanol–water partition coefficient (Wildman–Crippen LogP) is 2.81. The molecule has 0 unspecified atom stereocenters. The molecule has 3 rings (SSSR count). The average molecular weight is 351 g/mol. The maximum Gasteiger partial charge on any atom is 0.259 e. The number of nitrogens with zero attached hydrogens (tertiary/aromatic N) is 3. The van der Waals surface area contributed by atoms with Crippen molar-refractivity contribution in [3.8, 4) is 11.3 Å². The second-order valence-electron chi connectivity index (χ2n) is 5.39. The Morgan fingerprint density at radius 3 is 2.69 bits per heavy atom. The van der Waals surface area contributed by atoms with E-state index in [-0.39, 0.29) is 11.4 Å². The molecule has 1 aromatic carbocycles. The van der Waals surface area contributed by atoms with E-state index in [2.05, 4.69) is 25.6 Å². The molecule has 0 fully saturated rings. The average Bonchev–Trinajstić information content (AvgIpc) is 2.64. The molecule has 0 aliphatic carbocycles. The van der Waals surface area contributed by atoms with Crippen molar-refractivity contribution in [2.24, 2.45) is 0 Å². The van der Waals surface area contributed by atoms with E-state index in [0.29, 0.717) is 17.8 Å². The maximum absolute atomic E-state index is 13.6. The summed E-state index contributed by atoms with van der Waals surface area (Å²) in [7, 11) is 0. The van der Waals surface area contributed by atoms with Gasteiger partial charge in [0, 0.05) is 17.4 Å². The summed E-state index contributed by atoms with van der Waals surface area (Å²) in [4.78, 5) is 34.7. The molecule has 0 saturated carbocycles. The summed E-state index contributed by atoms with van der Waals surface area (Å²) in [5, 5.41) is 5.06. The molecule has 8 heteroatoms. The highest BCUT2D eigenvalue weighted by molar-refractivity contribution is 6.03. The van der Waals surface area contributed by atoms with Crippen molar-refractivity contribution in [3.05, 3.63) is 66.0 Å². The topological polar surface area (TPSA) is 96.9 Å². The van der Waals surface area contributed by atoms with Gasteiger partial charge in [0.25, 0.3) is 5.91 Å². The minimum absolute atomic E-state index is 0.130. The van der Waals surface area contributed by atoms with Gasteiger partial charge in [-0.15, -0.1) is 0 Å². The van der Waals surface area contributed by atoms with E-state index < -0.39 is 11.7 Å². The second kappa shape index (κ2) is 7.47. The van der Waals surface area contributed by atoms with Crippen LogP contribution in [0.15, 0.2) is 49.1 Å². The molecule has 0 saturated heterocycles. The van der Waals surface area contributed by atoms with Crippen LogP contribution in [0.1, 0.15) is 15.9 Å². The minimum Gasteiger partial charge on any atom is -0.329 e. The first-order valence-electron chi connectivity index (χ1n) is 7.62. The Bertz CT molecular complexity index is 960. The Hall–Kier alpha value is -3.68. The number of rotatable bonds is 5. The molecule has 2 N–H and O–H groups in total. The summed E-state index contributed by atoms with van der Waals surface area (Å²) in [6, 6.07) is 6.68. The van der Waals surface area contributed by atoms with Gasteiger partial charge in [0.05, 0.1) is 29.8 Å². The van der Waals surface area contributed by atoms with Crippen LogP contribution in [0.4, 0.5) is 15.9 Å². The maximum atomic E-state index is 13.6. The molecule has 2 heterocycles. The highest BCUT2D eigenvalue weighted by Crippen LogP contribution is 2.25. The van der Waals surface area contributed by atoms with Gasteiger partial charge in [0.15, 0.2) is 11.6 Å². The third kappa shape index (κ3) is 3.69. The molecule has 2 amide bonds. The molecule has 26 heavy (non-hydrogen) atoms. The van der Waals surface area contributed by atoms with Gasteiger partial charge >= 0.3 is 0 Å². The minimum atomic E-state index is -0.718. The number of halogens is 1. The van der Waals surface area contributed by atoms with Gasteiger partial charge in [-0.1, -0.05) is 6.07 Å². The zero-order valence-corrected chi connectivity index (χ0v) is 13.7. The zero-order valence-electron chi connectivity index (χ0n) is 13.7. The quantitative estimate of drug-likeness (QED) is 0.689. The number of hydrogen-bond donors (Lipinski definition) is 2. The third-order valence-electron chi connectivity index (χ3n) is 3.65. The summed E-state index contributed by atoms with van der Waals surface area (Å²) in [6.07, 6.45) is 5.76. The van der Waals surface area contributed by atoms with E-state index in [0.717, 1.165) is 17.3 Å². The first-order valence-corrected chi connectivity index (χ1v) is 7.62. The van der Waals surface area contributed by atoms with Gasteiger partial charge in [-0.05, 0) is 30.7 Å². The van der Waals surface area contributed by atoms with E-state index in [9.17, 15) is 14.0 Å². The van der Waals surface area contributed by atoms with Crippen LogP contribution in [0, 0.1) is 12.7 Å². The lowest BCUT2D eigenvalue weighted by atomic mass is 10.1. The molecule has 0 atom stereocenters. The highest BCUT2D eigenvalue weighted by atomic mass is 19.1. The number of carbonyl (C=O) groups excluding carboxylic acids is 2. The monoisotopic (exact) mass is 351 g/mol. The molecule has 0 spiro atoms. The van der Waals surface area contributed by atoms with Gasteiger partial charge in [-0.25, -0.2) is 9.37 Å². The van der Waals surface area contributed by atoms with Crippen LogP contribution < -0.4 is 10.6 Å². The van der Waals surface area contributed by atoms with Crippen LogP contribution in [-0.2, 0) is 4.79 Å². The first-order chi connectivity index (χ1) is 12.6. The molecule has 7 nitrogen and oxygen atoms in total. The molecular formula is C18H14FN5O2. The fourth-order valence-corrected chi connectivity index (χ4v) is 2.33. The fraction of sp³-hybridized carbons (Fsp3) is 0.0556. The number of amides is 2. The third-order valence-corrected chi connectivity index (χ3v) is 3.65. The Labute approximate surface area is 148 Å². The Morgan fingerprint density at radius 1 is 1.15 bits per heavy atom. The number of aromatic nitrogens is 3. The first kappa shape index (κ1) is 17.2. The Balaban J connectivity index is 1.81. The lowest BCUT2D eigenvalue weighted by Gasteiger charge is -2.09. The number of nitrogens with one attached hydrogen (secondary N) is 2. The van der Waals surface area contributed by atoms with E-state index in [1.807, 2.05) is 13.0 Å². The van der Waals surface area contributed by atoms with Crippen LogP contribution >= 0.6 is 0 Å². The summed E-state index contributed by atoms with van der Waals surface area (Å²) >= 11 is 0. The zero-order chi connectivity index (χ0) is 18.5. The number of pyridine rings is 1. The van der Waals surface area contributed by atoms with Crippen molar-refractivity contribution in [1.82, 2.24) is 15.0 Å². The second-order valence-corrected chi connectivity index (χ2v) is 5.39. The van der Waals surface area contributed by atoms with Crippen LogP contribution in [-0.4, -0.2) is 27.3 Å².